The maximum Gasteiger partial charge on any atom is 0.222 e. The lowest BCUT2D eigenvalue weighted by molar-refractivity contribution is 0.176. The van der Waals surface area contributed by atoms with E-state index in [1.54, 1.807) is 12.3 Å². The Balaban J connectivity index is 3.18. The molecule has 78 valence electrons. The Morgan fingerprint density at radius 1 is 1.50 bits per heavy atom. The van der Waals surface area contributed by atoms with Crippen molar-refractivity contribution in [3.8, 4) is 11.6 Å². The maximum atomic E-state index is 9.63. The van der Waals surface area contributed by atoms with E-state index in [1.807, 2.05) is 0 Å². The van der Waals surface area contributed by atoms with Gasteiger partial charge in [0.2, 0.25) is 5.88 Å². The van der Waals surface area contributed by atoms with E-state index < -0.39 is 6.10 Å². The third kappa shape index (κ3) is 1.94. The summed E-state index contributed by atoms with van der Waals surface area (Å²) in [5.41, 5.74) is 5.85. The second-order valence-corrected chi connectivity index (χ2v) is 2.69. The van der Waals surface area contributed by atoms with Gasteiger partial charge in [0.25, 0.3) is 0 Å². The van der Waals surface area contributed by atoms with Crippen LogP contribution in [0.25, 0.3) is 0 Å². The summed E-state index contributed by atoms with van der Waals surface area (Å²) in [6, 6.07) is 1.65. The molecule has 0 aromatic carbocycles. The van der Waals surface area contributed by atoms with E-state index in [1.165, 1.54) is 14.2 Å². The van der Waals surface area contributed by atoms with E-state index in [9.17, 15) is 5.11 Å². The molecule has 1 aromatic heterocycles. The predicted molar refractivity (Wildman–Crippen MR) is 51.4 cm³/mol. The van der Waals surface area contributed by atoms with Crippen molar-refractivity contribution in [2.45, 2.75) is 6.10 Å². The summed E-state index contributed by atoms with van der Waals surface area (Å²) >= 11 is 0. The Morgan fingerprint density at radius 3 is 2.71 bits per heavy atom. The highest BCUT2D eigenvalue weighted by Gasteiger charge is 2.18. The second kappa shape index (κ2) is 4.78. The van der Waals surface area contributed by atoms with Crippen LogP contribution in [0, 0.1) is 0 Å². The number of aliphatic hydroxyl groups excluding tert-OH is 1. The molecule has 3 N–H and O–H groups in total. The molecule has 0 amide bonds. The van der Waals surface area contributed by atoms with E-state index in [2.05, 4.69) is 4.98 Å². The van der Waals surface area contributed by atoms with Crippen molar-refractivity contribution in [3.63, 3.8) is 0 Å². The van der Waals surface area contributed by atoms with Crippen molar-refractivity contribution < 1.29 is 14.6 Å². The topological polar surface area (TPSA) is 77.6 Å². The second-order valence-electron chi connectivity index (χ2n) is 2.69. The molecular weight excluding hydrogens is 184 g/mol. The number of nitrogens with zero attached hydrogens (tertiary/aromatic N) is 1. The molecule has 5 heteroatoms. The molecule has 0 aliphatic rings. The summed E-state index contributed by atoms with van der Waals surface area (Å²) in [6.45, 7) is 0.0956. The van der Waals surface area contributed by atoms with Crippen LogP contribution in [0.3, 0.4) is 0 Å². The summed E-state index contributed by atoms with van der Waals surface area (Å²) in [6.07, 6.45) is 0.721. The van der Waals surface area contributed by atoms with Crippen molar-refractivity contribution in [2.24, 2.45) is 5.73 Å². The van der Waals surface area contributed by atoms with Gasteiger partial charge in [0, 0.05) is 12.7 Å². The number of rotatable bonds is 4. The molecule has 14 heavy (non-hydrogen) atoms. The minimum absolute atomic E-state index is 0.0956. The number of pyridine rings is 1. The Morgan fingerprint density at radius 2 is 2.21 bits per heavy atom. The summed E-state index contributed by atoms with van der Waals surface area (Å²) in [4.78, 5) is 3.96. The lowest BCUT2D eigenvalue weighted by Gasteiger charge is -2.15. The number of methoxy groups -OCH3 is 2. The molecular formula is C9H14N2O3. The molecule has 0 saturated carbocycles. The minimum atomic E-state index is -0.825. The summed E-state index contributed by atoms with van der Waals surface area (Å²) < 4.78 is 10.1. The SMILES string of the molecule is COc1ccnc(OC)c1[C@@H](O)CN. The van der Waals surface area contributed by atoms with Crippen molar-refractivity contribution in [1.29, 1.82) is 0 Å². The Labute approximate surface area is 82.5 Å². The van der Waals surface area contributed by atoms with Gasteiger partial charge in [-0.3, -0.25) is 0 Å². The molecule has 0 radical (unpaired) electrons. The van der Waals surface area contributed by atoms with E-state index in [-0.39, 0.29) is 6.54 Å². The zero-order valence-electron chi connectivity index (χ0n) is 8.23. The molecule has 1 heterocycles. The van der Waals surface area contributed by atoms with E-state index in [4.69, 9.17) is 15.2 Å². The third-order valence-corrected chi connectivity index (χ3v) is 1.88. The molecule has 0 unspecified atom stereocenters. The van der Waals surface area contributed by atoms with Gasteiger partial charge in [-0.15, -0.1) is 0 Å². The highest BCUT2D eigenvalue weighted by Crippen LogP contribution is 2.31. The first-order chi connectivity index (χ1) is 6.74. The van der Waals surface area contributed by atoms with Gasteiger partial charge in [-0.1, -0.05) is 0 Å². The van der Waals surface area contributed by atoms with Crippen LogP contribution in [-0.2, 0) is 0 Å². The molecule has 0 aliphatic heterocycles. The van der Waals surface area contributed by atoms with E-state index >= 15 is 0 Å². The number of aliphatic hydroxyl groups is 1. The van der Waals surface area contributed by atoms with Crippen molar-refractivity contribution in [1.82, 2.24) is 4.98 Å². The summed E-state index contributed by atoms with van der Waals surface area (Å²) in [5.74, 6) is 0.858. The standard InChI is InChI=1S/C9H14N2O3/c1-13-7-3-4-11-9(14-2)8(7)6(12)5-10/h3-4,6,12H,5,10H2,1-2H3/t6-/m0/s1. The average Bonchev–Trinajstić information content (AvgIpc) is 2.26. The fourth-order valence-electron chi connectivity index (χ4n) is 1.20. The van der Waals surface area contributed by atoms with Crippen molar-refractivity contribution in [3.05, 3.63) is 17.8 Å². The fraction of sp³-hybridized carbons (Fsp3) is 0.444. The van der Waals surface area contributed by atoms with Crippen LogP contribution in [0.15, 0.2) is 12.3 Å². The van der Waals surface area contributed by atoms with Gasteiger partial charge in [0.1, 0.15) is 11.9 Å². The quantitative estimate of drug-likeness (QED) is 0.717. The number of hydrogen-bond acceptors (Lipinski definition) is 5. The monoisotopic (exact) mass is 198 g/mol. The van der Waals surface area contributed by atoms with E-state index in [0.29, 0.717) is 17.2 Å². The molecule has 0 bridgehead atoms. The van der Waals surface area contributed by atoms with Crippen LogP contribution >= 0.6 is 0 Å². The molecule has 0 saturated heterocycles. The van der Waals surface area contributed by atoms with Crippen LogP contribution in [0.1, 0.15) is 11.7 Å². The highest BCUT2D eigenvalue weighted by atomic mass is 16.5. The van der Waals surface area contributed by atoms with Crippen LogP contribution in [0.4, 0.5) is 0 Å². The maximum absolute atomic E-state index is 9.63. The number of ether oxygens (including phenoxy) is 2. The lowest BCUT2D eigenvalue weighted by atomic mass is 10.1. The Kier molecular flexibility index (Phi) is 3.67. The van der Waals surface area contributed by atoms with Gasteiger partial charge in [0.15, 0.2) is 0 Å². The minimum Gasteiger partial charge on any atom is -0.496 e. The predicted octanol–water partition coefficient (Wildman–Crippen LogP) is 0.0909. The molecule has 5 nitrogen and oxygen atoms in total. The third-order valence-electron chi connectivity index (χ3n) is 1.88. The summed E-state index contributed by atoms with van der Waals surface area (Å²) in [5, 5.41) is 9.63. The first-order valence-corrected chi connectivity index (χ1v) is 4.19. The molecule has 0 spiro atoms. The molecule has 1 aromatic rings. The van der Waals surface area contributed by atoms with Gasteiger partial charge in [-0.2, -0.15) is 0 Å². The first-order valence-electron chi connectivity index (χ1n) is 4.19. The van der Waals surface area contributed by atoms with Crippen molar-refractivity contribution in [2.75, 3.05) is 20.8 Å². The normalized spacial score (nSPS) is 12.3. The van der Waals surface area contributed by atoms with Gasteiger partial charge >= 0.3 is 0 Å². The zero-order valence-corrected chi connectivity index (χ0v) is 8.23. The van der Waals surface area contributed by atoms with Crippen LogP contribution < -0.4 is 15.2 Å². The molecule has 0 fully saturated rings. The van der Waals surface area contributed by atoms with Crippen molar-refractivity contribution >= 4 is 0 Å². The number of aromatic nitrogens is 1. The molecule has 1 atom stereocenters. The van der Waals surface area contributed by atoms with Crippen LogP contribution in [0.2, 0.25) is 0 Å². The smallest absolute Gasteiger partial charge is 0.222 e. The van der Waals surface area contributed by atoms with Gasteiger partial charge < -0.3 is 20.3 Å². The van der Waals surface area contributed by atoms with Gasteiger partial charge in [0.05, 0.1) is 19.8 Å². The van der Waals surface area contributed by atoms with Crippen LogP contribution in [0.5, 0.6) is 11.6 Å². The largest absolute Gasteiger partial charge is 0.496 e. The molecule has 1 rings (SSSR count). The first kappa shape index (κ1) is 10.7. The van der Waals surface area contributed by atoms with Gasteiger partial charge in [-0.05, 0) is 6.07 Å². The average molecular weight is 198 g/mol. The Hall–Kier alpha value is -1.33. The van der Waals surface area contributed by atoms with Gasteiger partial charge in [-0.25, -0.2) is 4.98 Å². The zero-order chi connectivity index (χ0) is 10.6. The number of hydrogen-bond donors (Lipinski definition) is 2. The fourth-order valence-corrected chi connectivity index (χ4v) is 1.20. The van der Waals surface area contributed by atoms with Crippen LogP contribution in [-0.4, -0.2) is 30.9 Å². The lowest BCUT2D eigenvalue weighted by Crippen LogP contribution is -2.14. The number of nitrogens with two attached hydrogens (primary N) is 1. The Bertz CT molecular complexity index is 282. The van der Waals surface area contributed by atoms with E-state index in [0.717, 1.165) is 0 Å². The molecule has 0 aliphatic carbocycles. The highest BCUT2D eigenvalue weighted by molar-refractivity contribution is 5.41. The summed E-state index contributed by atoms with van der Waals surface area (Å²) in [7, 11) is 3.00.